The number of nitrogens with one attached hydrogen (secondary N) is 1. The molecule has 0 aliphatic carbocycles. The van der Waals surface area contributed by atoms with Gasteiger partial charge in [-0.3, -0.25) is 9.59 Å². The van der Waals surface area contributed by atoms with Crippen molar-refractivity contribution in [3.05, 3.63) is 65.2 Å². The minimum Gasteiger partial charge on any atom is -0.354 e. The number of hydrogen-bond donors (Lipinski definition) is 1. The molecule has 2 aromatic rings. The normalized spacial score (nSPS) is 12.4. The minimum atomic E-state index is -3.84. The van der Waals surface area contributed by atoms with E-state index >= 15 is 0 Å². The number of sulfonamides is 1. The largest absolute Gasteiger partial charge is 0.354 e. The summed E-state index contributed by atoms with van der Waals surface area (Å²) in [5, 5.41) is 2.87. The summed E-state index contributed by atoms with van der Waals surface area (Å²) in [5.41, 5.74) is 2.85. The van der Waals surface area contributed by atoms with Crippen molar-refractivity contribution in [3.8, 4) is 0 Å². The van der Waals surface area contributed by atoms with E-state index in [0.29, 0.717) is 6.54 Å². The van der Waals surface area contributed by atoms with Crippen LogP contribution in [0.1, 0.15) is 43.4 Å². The van der Waals surface area contributed by atoms with E-state index in [1.807, 2.05) is 45.0 Å². The fraction of sp³-hybridized carbons (Fsp3) is 0.440. The molecule has 1 unspecified atom stereocenters. The summed E-state index contributed by atoms with van der Waals surface area (Å²) in [5.74, 6) is -0.691. The van der Waals surface area contributed by atoms with Gasteiger partial charge in [-0.1, -0.05) is 55.3 Å². The number of hydrogen-bond acceptors (Lipinski definition) is 4. The first-order valence-corrected chi connectivity index (χ1v) is 12.7. The number of benzene rings is 2. The molecule has 0 saturated heterocycles. The van der Waals surface area contributed by atoms with Crippen molar-refractivity contribution in [3.63, 3.8) is 0 Å². The predicted molar refractivity (Wildman–Crippen MR) is 130 cm³/mol. The predicted octanol–water partition coefficient (Wildman–Crippen LogP) is 3.26. The van der Waals surface area contributed by atoms with E-state index in [0.717, 1.165) is 33.8 Å². The fourth-order valence-corrected chi connectivity index (χ4v) is 4.47. The van der Waals surface area contributed by atoms with Crippen molar-refractivity contribution in [2.75, 3.05) is 20.1 Å². The zero-order valence-electron chi connectivity index (χ0n) is 20.2. The third-order valence-electron chi connectivity index (χ3n) is 5.69. The second-order valence-corrected chi connectivity index (χ2v) is 10.4. The number of rotatable bonds is 11. The van der Waals surface area contributed by atoms with Gasteiger partial charge in [-0.05, 0) is 50.5 Å². The molecule has 0 heterocycles. The molecule has 0 saturated carbocycles. The second kappa shape index (κ2) is 12.0. The number of carbonyl (C=O) groups excluding carboxylic acids is 2. The molecule has 2 rings (SSSR count). The Hall–Kier alpha value is -2.71. The first kappa shape index (κ1) is 26.5. The molecule has 8 heteroatoms. The molecule has 0 fully saturated rings. The van der Waals surface area contributed by atoms with Crippen LogP contribution in [0.25, 0.3) is 0 Å². The molecule has 1 atom stereocenters. The van der Waals surface area contributed by atoms with Crippen molar-refractivity contribution in [2.45, 2.75) is 58.0 Å². The summed E-state index contributed by atoms with van der Waals surface area (Å²) in [4.78, 5) is 27.6. The third-order valence-corrected chi connectivity index (χ3v) is 7.50. The van der Waals surface area contributed by atoms with E-state index < -0.39 is 22.0 Å². The fourth-order valence-electron chi connectivity index (χ4n) is 3.35. The monoisotopic (exact) mass is 473 g/mol. The Balaban J connectivity index is 2.25. The smallest absolute Gasteiger partial charge is 0.243 e. The van der Waals surface area contributed by atoms with Crippen LogP contribution in [0.5, 0.6) is 0 Å². The third kappa shape index (κ3) is 7.14. The standard InChI is InChI=1S/C25H35N3O4S/c1-6-7-16-26-25(30)21(4)28(17-22-11-9-8-10-20(22)3)24(29)18-27(5)33(31,32)23-14-12-19(2)13-15-23/h8-15,21H,6-7,16-18H2,1-5H3,(H,26,30). The molecular formula is C25H35N3O4S. The summed E-state index contributed by atoms with van der Waals surface area (Å²) < 4.78 is 27.0. The molecule has 0 spiro atoms. The minimum absolute atomic E-state index is 0.124. The van der Waals surface area contributed by atoms with Crippen LogP contribution in [-0.2, 0) is 26.2 Å². The summed E-state index contributed by atoms with van der Waals surface area (Å²) in [7, 11) is -2.46. The summed E-state index contributed by atoms with van der Waals surface area (Å²) in [6.45, 7) is 7.91. The van der Waals surface area contributed by atoms with Gasteiger partial charge in [-0.25, -0.2) is 8.42 Å². The highest BCUT2D eigenvalue weighted by atomic mass is 32.2. The first-order valence-electron chi connectivity index (χ1n) is 11.2. The van der Waals surface area contributed by atoms with Gasteiger partial charge >= 0.3 is 0 Å². The van der Waals surface area contributed by atoms with E-state index in [1.165, 1.54) is 24.1 Å². The van der Waals surface area contributed by atoms with Crippen LogP contribution >= 0.6 is 0 Å². The van der Waals surface area contributed by atoms with Gasteiger partial charge in [-0.2, -0.15) is 4.31 Å². The SMILES string of the molecule is CCCCNC(=O)C(C)N(Cc1ccccc1C)C(=O)CN(C)S(=O)(=O)c1ccc(C)cc1. The lowest BCUT2D eigenvalue weighted by atomic mass is 10.1. The molecule has 0 aromatic heterocycles. The van der Waals surface area contributed by atoms with Gasteiger partial charge in [0.05, 0.1) is 11.4 Å². The molecule has 0 bridgehead atoms. The summed E-state index contributed by atoms with van der Waals surface area (Å²) in [6, 6.07) is 13.4. The number of carbonyl (C=O) groups is 2. The Bertz CT molecular complexity index is 1050. The van der Waals surface area contributed by atoms with Gasteiger partial charge in [0.15, 0.2) is 0 Å². The Labute approximate surface area is 197 Å². The van der Waals surface area contributed by atoms with Crippen molar-refractivity contribution < 1.29 is 18.0 Å². The number of aryl methyl sites for hydroxylation is 2. The number of nitrogens with zero attached hydrogens (tertiary/aromatic N) is 2. The van der Waals surface area contributed by atoms with Gasteiger partial charge in [0.1, 0.15) is 6.04 Å². The van der Waals surface area contributed by atoms with Crippen molar-refractivity contribution in [1.82, 2.24) is 14.5 Å². The Kier molecular flexibility index (Phi) is 9.61. The molecule has 2 amide bonds. The van der Waals surface area contributed by atoms with Crippen molar-refractivity contribution in [2.24, 2.45) is 0 Å². The number of unbranched alkanes of at least 4 members (excludes halogenated alkanes) is 1. The molecule has 7 nitrogen and oxygen atoms in total. The van der Waals surface area contributed by atoms with Crippen LogP contribution in [0.2, 0.25) is 0 Å². The Morgan fingerprint density at radius 1 is 1.03 bits per heavy atom. The first-order chi connectivity index (χ1) is 15.6. The highest BCUT2D eigenvalue weighted by molar-refractivity contribution is 7.89. The highest BCUT2D eigenvalue weighted by Gasteiger charge is 2.30. The lowest BCUT2D eigenvalue weighted by Crippen LogP contribution is -2.50. The quantitative estimate of drug-likeness (QED) is 0.508. The molecule has 2 aromatic carbocycles. The van der Waals surface area contributed by atoms with Crippen molar-refractivity contribution >= 4 is 21.8 Å². The topological polar surface area (TPSA) is 86.8 Å². The summed E-state index contributed by atoms with van der Waals surface area (Å²) in [6.07, 6.45) is 1.80. The maximum absolute atomic E-state index is 13.3. The van der Waals surface area contributed by atoms with E-state index in [4.69, 9.17) is 0 Å². The average molecular weight is 474 g/mol. The molecular weight excluding hydrogens is 438 g/mol. The zero-order valence-corrected chi connectivity index (χ0v) is 21.0. The molecule has 180 valence electrons. The lowest BCUT2D eigenvalue weighted by Gasteiger charge is -2.30. The van der Waals surface area contributed by atoms with Crippen LogP contribution in [-0.4, -0.2) is 55.6 Å². The highest BCUT2D eigenvalue weighted by Crippen LogP contribution is 2.17. The van der Waals surface area contributed by atoms with Crippen LogP contribution in [0.3, 0.4) is 0 Å². The van der Waals surface area contributed by atoms with E-state index in [2.05, 4.69) is 5.32 Å². The average Bonchev–Trinajstić information content (AvgIpc) is 2.78. The maximum atomic E-state index is 13.3. The van der Waals surface area contributed by atoms with Crippen LogP contribution in [0.15, 0.2) is 53.4 Å². The number of likely N-dealkylation sites (N-methyl/N-ethyl adjacent to an activating group) is 1. The van der Waals surface area contributed by atoms with E-state index in [9.17, 15) is 18.0 Å². The van der Waals surface area contributed by atoms with Crippen LogP contribution in [0.4, 0.5) is 0 Å². The van der Waals surface area contributed by atoms with Gasteiger partial charge < -0.3 is 10.2 Å². The molecule has 0 aliphatic rings. The lowest BCUT2D eigenvalue weighted by molar-refractivity contribution is -0.140. The molecule has 0 radical (unpaired) electrons. The van der Waals surface area contributed by atoms with Gasteiger partial charge in [-0.15, -0.1) is 0 Å². The Morgan fingerprint density at radius 2 is 1.67 bits per heavy atom. The second-order valence-electron chi connectivity index (χ2n) is 8.34. The molecule has 1 N–H and O–H groups in total. The molecule has 0 aliphatic heterocycles. The molecule has 33 heavy (non-hydrogen) atoms. The van der Waals surface area contributed by atoms with Crippen molar-refractivity contribution in [1.29, 1.82) is 0 Å². The summed E-state index contributed by atoms with van der Waals surface area (Å²) >= 11 is 0. The van der Waals surface area contributed by atoms with Gasteiger partial charge in [0.2, 0.25) is 21.8 Å². The van der Waals surface area contributed by atoms with Crippen LogP contribution < -0.4 is 5.32 Å². The van der Waals surface area contributed by atoms with E-state index in [1.54, 1.807) is 19.1 Å². The Morgan fingerprint density at radius 3 is 2.27 bits per heavy atom. The maximum Gasteiger partial charge on any atom is 0.243 e. The number of amides is 2. The van der Waals surface area contributed by atoms with Gasteiger partial charge in [0, 0.05) is 20.1 Å². The van der Waals surface area contributed by atoms with E-state index in [-0.39, 0.29) is 23.9 Å². The van der Waals surface area contributed by atoms with Crippen LogP contribution in [0, 0.1) is 13.8 Å². The van der Waals surface area contributed by atoms with Gasteiger partial charge in [0.25, 0.3) is 0 Å². The zero-order chi connectivity index (χ0) is 24.6.